The number of amides is 2. The van der Waals surface area contributed by atoms with Gasteiger partial charge < -0.3 is 10.2 Å². The Morgan fingerprint density at radius 3 is 2.43 bits per heavy atom. The molecule has 5 nitrogen and oxygen atoms in total. The van der Waals surface area contributed by atoms with E-state index >= 15 is 0 Å². The van der Waals surface area contributed by atoms with Gasteiger partial charge in [0.25, 0.3) is 0 Å². The van der Waals surface area contributed by atoms with Crippen molar-refractivity contribution in [3.63, 3.8) is 0 Å². The maximum Gasteiger partial charge on any atom is 0.237 e. The van der Waals surface area contributed by atoms with E-state index in [1.54, 1.807) is 0 Å². The second-order valence-electron chi connectivity index (χ2n) is 8.94. The fourth-order valence-electron chi connectivity index (χ4n) is 5.80. The molecule has 0 radical (unpaired) electrons. The molecular formula is C25H33N3O2. The molecule has 5 heteroatoms. The largest absolute Gasteiger partial charge is 0.353 e. The molecule has 2 heterocycles. The van der Waals surface area contributed by atoms with Gasteiger partial charge in [0.05, 0.1) is 12.5 Å². The first kappa shape index (κ1) is 20.9. The predicted octanol–water partition coefficient (Wildman–Crippen LogP) is 2.86. The molecular weight excluding hydrogens is 374 g/mol. The normalized spacial score (nSPS) is 23.8. The van der Waals surface area contributed by atoms with Crippen LogP contribution in [0.25, 0.3) is 0 Å². The molecule has 160 valence electrons. The van der Waals surface area contributed by atoms with Crippen molar-refractivity contribution < 1.29 is 9.59 Å². The van der Waals surface area contributed by atoms with Gasteiger partial charge in [-0.15, -0.1) is 13.2 Å². The SMILES string of the molecule is C=CCC1(CC=C)CCCN1C(=O)CC1C(=O)NCCN1C1Cc2ccccc2C1. The van der Waals surface area contributed by atoms with E-state index in [9.17, 15) is 9.59 Å². The first-order chi connectivity index (χ1) is 14.6. The first-order valence-electron chi connectivity index (χ1n) is 11.2. The zero-order chi connectivity index (χ0) is 21.1. The summed E-state index contributed by atoms with van der Waals surface area (Å²) in [5.74, 6) is 0.0709. The highest BCUT2D eigenvalue weighted by Crippen LogP contribution is 2.37. The quantitative estimate of drug-likeness (QED) is 0.707. The minimum atomic E-state index is -0.392. The first-order valence-corrected chi connectivity index (χ1v) is 11.2. The van der Waals surface area contributed by atoms with Crippen molar-refractivity contribution in [1.29, 1.82) is 0 Å². The number of rotatable bonds is 7. The van der Waals surface area contributed by atoms with Crippen LogP contribution in [-0.2, 0) is 22.4 Å². The van der Waals surface area contributed by atoms with E-state index in [0.717, 1.165) is 51.6 Å². The third-order valence-electron chi connectivity index (χ3n) is 7.18. The lowest BCUT2D eigenvalue weighted by molar-refractivity contribution is -0.142. The summed E-state index contributed by atoms with van der Waals surface area (Å²) < 4.78 is 0. The average molecular weight is 408 g/mol. The molecule has 2 aliphatic heterocycles. The number of nitrogens with one attached hydrogen (secondary N) is 1. The summed E-state index contributed by atoms with van der Waals surface area (Å²) in [5.41, 5.74) is 2.52. The van der Waals surface area contributed by atoms with Gasteiger partial charge in [-0.2, -0.15) is 0 Å². The van der Waals surface area contributed by atoms with Gasteiger partial charge in [0.1, 0.15) is 0 Å². The van der Waals surface area contributed by atoms with Crippen LogP contribution in [0, 0.1) is 0 Å². The molecule has 1 N–H and O–H groups in total. The van der Waals surface area contributed by atoms with Crippen LogP contribution < -0.4 is 5.32 Å². The highest BCUT2D eigenvalue weighted by Gasteiger charge is 2.44. The molecule has 1 aromatic rings. The van der Waals surface area contributed by atoms with Crippen LogP contribution in [-0.4, -0.2) is 58.9 Å². The number of likely N-dealkylation sites (tertiary alicyclic amines) is 1. The molecule has 2 saturated heterocycles. The average Bonchev–Trinajstić information content (AvgIpc) is 3.34. The van der Waals surface area contributed by atoms with Crippen LogP contribution in [0.15, 0.2) is 49.6 Å². The van der Waals surface area contributed by atoms with Crippen molar-refractivity contribution in [3.8, 4) is 0 Å². The van der Waals surface area contributed by atoms with Crippen LogP contribution in [0.4, 0.5) is 0 Å². The zero-order valence-corrected chi connectivity index (χ0v) is 17.8. The Morgan fingerprint density at radius 1 is 1.13 bits per heavy atom. The summed E-state index contributed by atoms with van der Waals surface area (Å²) in [4.78, 5) is 30.6. The Bertz CT molecular complexity index is 798. The lowest BCUT2D eigenvalue weighted by Gasteiger charge is -2.42. The number of piperazine rings is 1. The number of hydrogen-bond donors (Lipinski definition) is 1. The zero-order valence-electron chi connectivity index (χ0n) is 17.8. The second-order valence-corrected chi connectivity index (χ2v) is 8.94. The molecule has 1 atom stereocenters. The Morgan fingerprint density at radius 2 is 1.80 bits per heavy atom. The molecule has 4 rings (SSSR count). The van der Waals surface area contributed by atoms with Gasteiger partial charge in [0.2, 0.25) is 11.8 Å². The van der Waals surface area contributed by atoms with Gasteiger partial charge >= 0.3 is 0 Å². The monoisotopic (exact) mass is 407 g/mol. The van der Waals surface area contributed by atoms with E-state index in [4.69, 9.17) is 0 Å². The molecule has 2 fully saturated rings. The predicted molar refractivity (Wildman–Crippen MR) is 119 cm³/mol. The number of hydrogen-bond acceptors (Lipinski definition) is 3. The number of carbonyl (C=O) groups excluding carboxylic acids is 2. The fraction of sp³-hybridized carbons (Fsp3) is 0.520. The van der Waals surface area contributed by atoms with Crippen molar-refractivity contribution in [2.75, 3.05) is 19.6 Å². The topological polar surface area (TPSA) is 52.7 Å². The van der Waals surface area contributed by atoms with Crippen molar-refractivity contribution in [2.24, 2.45) is 0 Å². The van der Waals surface area contributed by atoms with Crippen molar-refractivity contribution >= 4 is 11.8 Å². The highest BCUT2D eigenvalue weighted by atomic mass is 16.2. The Balaban J connectivity index is 1.51. The van der Waals surface area contributed by atoms with Gasteiger partial charge in [-0.25, -0.2) is 0 Å². The van der Waals surface area contributed by atoms with Crippen LogP contribution in [0.1, 0.15) is 43.2 Å². The van der Waals surface area contributed by atoms with Gasteiger partial charge in [-0.05, 0) is 49.7 Å². The van der Waals surface area contributed by atoms with E-state index in [1.165, 1.54) is 11.1 Å². The third-order valence-corrected chi connectivity index (χ3v) is 7.18. The van der Waals surface area contributed by atoms with E-state index < -0.39 is 6.04 Å². The summed E-state index contributed by atoms with van der Waals surface area (Å²) in [5, 5.41) is 2.99. The van der Waals surface area contributed by atoms with Crippen molar-refractivity contribution in [1.82, 2.24) is 15.1 Å². The van der Waals surface area contributed by atoms with E-state index in [1.807, 2.05) is 17.1 Å². The number of carbonyl (C=O) groups is 2. The number of fused-ring (bicyclic) bond motifs is 1. The second kappa shape index (κ2) is 8.76. The Kier molecular flexibility index (Phi) is 6.09. The molecule has 1 aliphatic carbocycles. The molecule has 30 heavy (non-hydrogen) atoms. The standard InChI is InChI=1S/C25H33N3O2/c1-3-10-25(11-4-2)12-7-14-28(25)23(29)18-22-24(30)26-13-15-27(22)21-16-19-8-5-6-9-20(19)17-21/h3-6,8-9,21-22H,1-2,7,10-18H2,(H,26,30). The lowest BCUT2D eigenvalue weighted by Crippen LogP contribution is -2.60. The van der Waals surface area contributed by atoms with E-state index in [0.29, 0.717) is 6.54 Å². The maximum absolute atomic E-state index is 13.5. The van der Waals surface area contributed by atoms with Gasteiger partial charge in [-0.1, -0.05) is 36.4 Å². The third kappa shape index (κ3) is 3.83. The molecule has 1 unspecified atom stereocenters. The molecule has 0 saturated carbocycles. The minimum absolute atomic E-state index is 0.0113. The Hall–Kier alpha value is -2.40. The van der Waals surface area contributed by atoms with Crippen LogP contribution in [0.5, 0.6) is 0 Å². The smallest absolute Gasteiger partial charge is 0.237 e. The lowest BCUT2D eigenvalue weighted by atomic mass is 9.87. The highest BCUT2D eigenvalue weighted by molar-refractivity contribution is 5.89. The summed E-state index contributed by atoms with van der Waals surface area (Å²) in [6.45, 7) is 10.0. The summed E-state index contributed by atoms with van der Waals surface area (Å²) >= 11 is 0. The number of benzene rings is 1. The summed E-state index contributed by atoms with van der Waals surface area (Å²) in [6, 6.07) is 8.42. The van der Waals surface area contributed by atoms with Crippen LogP contribution in [0.3, 0.4) is 0 Å². The molecule has 1 aromatic carbocycles. The van der Waals surface area contributed by atoms with Crippen molar-refractivity contribution in [2.45, 2.75) is 62.6 Å². The van der Waals surface area contributed by atoms with Gasteiger partial charge in [0, 0.05) is 31.2 Å². The molecule has 0 spiro atoms. The molecule has 0 bridgehead atoms. The summed E-state index contributed by atoms with van der Waals surface area (Å²) in [7, 11) is 0. The van der Waals surface area contributed by atoms with Crippen LogP contribution in [0.2, 0.25) is 0 Å². The number of nitrogens with zero attached hydrogens (tertiary/aromatic N) is 2. The molecule has 3 aliphatic rings. The Labute approximate surface area is 179 Å². The van der Waals surface area contributed by atoms with E-state index in [-0.39, 0.29) is 29.8 Å². The molecule has 0 aromatic heterocycles. The fourth-order valence-corrected chi connectivity index (χ4v) is 5.80. The molecule has 2 amide bonds. The van der Waals surface area contributed by atoms with Crippen LogP contribution >= 0.6 is 0 Å². The maximum atomic E-state index is 13.5. The minimum Gasteiger partial charge on any atom is -0.353 e. The van der Waals surface area contributed by atoms with Gasteiger partial charge in [0.15, 0.2) is 0 Å². The van der Waals surface area contributed by atoms with Gasteiger partial charge in [-0.3, -0.25) is 14.5 Å². The van der Waals surface area contributed by atoms with Crippen molar-refractivity contribution in [3.05, 3.63) is 60.7 Å². The summed E-state index contributed by atoms with van der Waals surface area (Å²) in [6.07, 6.45) is 9.46. The van der Waals surface area contributed by atoms with E-state index in [2.05, 4.69) is 47.6 Å².